The first-order valence-corrected chi connectivity index (χ1v) is 17.1. The van der Waals surface area contributed by atoms with Gasteiger partial charge in [-0.1, -0.05) is 133 Å². The van der Waals surface area contributed by atoms with E-state index in [0.29, 0.717) is 6.54 Å². The third-order valence-corrected chi connectivity index (χ3v) is 10.4. The second-order valence-electron chi connectivity index (χ2n) is 13.1. The SMILES string of the molecule is C1=C(C2NC(c3cccc4ccccc34)NC(c3cccc4ccccc34)N2)NCC(n2c3ccccc3c3c4ccccc4ccc32)=C1. The Morgan fingerprint density at radius 3 is 1.59 bits per heavy atom. The summed E-state index contributed by atoms with van der Waals surface area (Å²) in [6, 6.07) is 52.5. The molecule has 0 amide bonds. The fraction of sp³-hybridized carbons (Fsp3) is 0.0909. The second kappa shape index (κ2) is 11.5. The van der Waals surface area contributed by atoms with Gasteiger partial charge in [0.25, 0.3) is 0 Å². The molecule has 0 aliphatic carbocycles. The number of hydrogen-bond acceptors (Lipinski definition) is 4. The lowest BCUT2D eigenvalue weighted by Gasteiger charge is -2.41. The third kappa shape index (κ3) is 4.66. The van der Waals surface area contributed by atoms with Crippen molar-refractivity contribution >= 4 is 59.8 Å². The summed E-state index contributed by atoms with van der Waals surface area (Å²) in [6.07, 6.45) is 4.25. The largest absolute Gasteiger partial charge is 0.380 e. The lowest BCUT2D eigenvalue weighted by molar-refractivity contribution is 0.219. The van der Waals surface area contributed by atoms with Gasteiger partial charge in [-0.3, -0.25) is 16.0 Å². The Morgan fingerprint density at radius 1 is 0.429 bits per heavy atom. The number of fused-ring (bicyclic) bond motifs is 7. The summed E-state index contributed by atoms with van der Waals surface area (Å²) < 4.78 is 2.43. The van der Waals surface area contributed by atoms with Crippen molar-refractivity contribution < 1.29 is 0 Å². The van der Waals surface area contributed by atoms with E-state index in [4.69, 9.17) is 0 Å². The Balaban J connectivity index is 1.07. The molecular formula is C44H35N5. The van der Waals surface area contributed by atoms with Gasteiger partial charge in [-0.2, -0.15) is 0 Å². The van der Waals surface area contributed by atoms with Gasteiger partial charge in [0.2, 0.25) is 0 Å². The molecule has 10 rings (SSSR count). The highest BCUT2D eigenvalue weighted by molar-refractivity contribution is 6.21. The first kappa shape index (κ1) is 28.3. The topological polar surface area (TPSA) is 53.0 Å². The molecule has 4 N–H and O–H groups in total. The number of benzene rings is 7. The molecule has 2 atom stereocenters. The predicted octanol–water partition coefficient (Wildman–Crippen LogP) is 9.09. The molecule has 236 valence electrons. The standard InChI is InChI=1S/C44H35N5/c1-4-16-32-28(11-1)14-9-20-35(32)42-46-43(36-21-10-15-29-12-2-5-17-33(29)36)48-44(47-42)38-25-24-31(27-45-38)49-39-22-8-7-19-37(39)41-34-18-6-3-13-30(34)23-26-40(41)49/h1-26,42-48H,27H2. The predicted molar refractivity (Wildman–Crippen MR) is 204 cm³/mol. The van der Waals surface area contributed by atoms with Crippen LogP contribution in [0.25, 0.3) is 59.8 Å². The minimum atomic E-state index is -0.117. The number of nitrogens with zero attached hydrogens (tertiary/aromatic N) is 1. The van der Waals surface area contributed by atoms with Crippen LogP contribution in [0.5, 0.6) is 0 Å². The van der Waals surface area contributed by atoms with E-state index in [1.54, 1.807) is 0 Å². The van der Waals surface area contributed by atoms with Crippen molar-refractivity contribution in [3.05, 3.63) is 175 Å². The Kier molecular flexibility index (Phi) is 6.62. The highest BCUT2D eigenvalue weighted by Crippen LogP contribution is 2.37. The van der Waals surface area contributed by atoms with E-state index in [-0.39, 0.29) is 18.5 Å². The van der Waals surface area contributed by atoms with E-state index in [0.717, 1.165) is 5.70 Å². The molecule has 0 radical (unpaired) electrons. The van der Waals surface area contributed by atoms with Crippen LogP contribution in [0.4, 0.5) is 0 Å². The maximum Gasteiger partial charge on any atom is 0.101 e. The first-order valence-electron chi connectivity index (χ1n) is 17.1. The Morgan fingerprint density at radius 2 is 0.959 bits per heavy atom. The zero-order chi connectivity index (χ0) is 32.3. The van der Waals surface area contributed by atoms with E-state index in [1.807, 2.05) is 0 Å². The molecule has 2 aliphatic heterocycles. The van der Waals surface area contributed by atoms with E-state index < -0.39 is 0 Å². The van der Waals surface area contributed by atoms with Crippen LogP contribution in [-0.4, -0.2) is 17.3 Å². The van der Waals surface area contributed by atoms with Gasteiger partial charge in [0.1, 0.15) is 6.17 Å². The summed E-state index contributed by atoms with van der Waals surface area (Å²) in [6.45, 7) is 0.706. The lowest BCUT2D eigenvalue weighted by atomic mass is 9.98. The molecule has 3 heterocycles. The van der Waals surface area contributed by atoms with E-state index in [2.05, 4.69) is 184 Å². The summed E-state index contributed by atoms with van der Waals surface area (Å²) in [5.74, 6) is 0. The molecule has 5 heteroatoms. The molecule has 0 bridgehead atoms. The Labute approximate surface area is 284 Å². The van der Waals surface area contributed by atoms with E-state index in [1.165, 1.54) is 70.9 Å². The van der Waals surface area contributed by atoms with Gasteiger partial charge in [-0.15, -0.1) is 0 Å². The summed E-state index contributed by atoms with van der Waals surface area (Å²) in [5.41, 5.74) is 7.26. The van der Waals surface area contributed by atoms with Crippen LogP contribution in [-0.2, 0) is 0 Å². The van der Waals surface area contributed by atoms with Gasteiger partial charge < -0.3 is 9.88 Å². The van der Waals surface area contributed by atoms with Gasteiger partial charge in [0.15, 0.2) is 0 Å². The van der Waals surface area contributed by atoms with Gasteiger partial charge >= 0.3 is 0 Å². The Bertz CT molecular complexity index is 2530. The van der Waals surface area contributed by atoms with Crippen LogP contribution in [0.15, 0.2) is 163 Å². The van der Waals surface area contributed by atoms with Crippen LogP contribution in [0, 0.1) is 0 Å². The summed E-state index contributed by atoms with van der Waals surface area (Å²) in [5, 5.41) is 25.7. The number of nitrogens with one attached hydrogen (secondary N) is 4. The van der Waals surface area contributed by atoms with Gasteiger partial charge in [-0.05, 0) is 67.7 Å². The number of para-hydroxylation sites is 1. The highest BCUT2D eigenvalue weighted by Gasteiger charge is 2.33. The van der Waals surface area contributed by atoms with E-state index in [9.17, 15) is 0 Å². The van der Waals surface area contributed by atoms with Crippen molar-refractivity contribution in [2.75, 3.05) is 6.54 Å². The van der Waals surface area contributed by atoms with Crippen molar-refractivity contribution in [1.29, 1.82) is 0 Å². The third-order valence-electron chi connectivity index (χ3n) is 10.4. The lowest BCUT2D eigenvalue weighted by Crippen LogP contribution is -2.61. The van der Waals surface area contributed by atoms with Gasteiger partial charge in [0.05, 0.1) is 29.9 Å². The average molecular weight is 634 g/mol. The van der Waals surface area contributed by atoms with Gasteiger partial charge in [-0.25, -0.2) is 0 Å². The van der Waals surface area contributed by atoms with Crippen molar-refractivity contribution in [3.63, 3.8) is 0 Å². The van der Waals surface area contributed by atoms with Crippen LogP contribution in [0.2, 0.25) is 0 Å². The zero-order valence-corrected chi connectivity index (χ0v) is 26.9. The van der Waals surface area contributed by atoms with Crippen LogP contribution in [0.1, 0.15) is 23.5 Å². The average Bonchev–Trinajstić information content (AvgIpc) is 3.52. The smallest absolute Gasteiger partial charge is 0.101 e. The molecule has 49 heavy (non-hydrogen) atoms. The van der Waals surface area contributed by atoms with E-state index >= 15 is 0 Å². The zero-order valence-electron chi connectivity index (χ0n) is 26.9. The maximum atomic E-state index is 3.93. The highest BCUT2D eigenvalue weighted by atomic mass is 15.4. The minimum Gasteiger partial charge on any atom is -0.380 e. The summed E-state index contributed by atoms with van der Waals surface area (Å²) >= 11 is 0. The monoisotopic (exact) mass is 633 g/mol. The number of dihydropyridines is 1. The molecule has 7 aromatic carbocycles. The van der Waals surface area contributed by atoms with Crippen LogP contribution in [0.3, 0.4) is 0 Å². The molecule has 1 fully saturated rings. The van der Waals surface area contributed by atoms with Gasteiger partial charge in [0, 0.05) is 22.2 Å². The van der Waals surface area contributed by atoms with Crippen molar-refractivity contribution in [1.82, 2.24) is 25.8 Å². The molecule has 1 saturated heterocycles. The molecule has 5 nitrogen and oxygen atoms in total. The number of aromatic nitrogens is 1. The molecule has 0 spiro atoms. The quantitative estimate of drug-likeness (QED) is 0.156. The maximum absolute atomic E-state index is 3.93. The number of allylic oxidation sites excluding steroid dienone is 2. The molecule has 8 aromatic rings. The first-order chi connectivity index (χ1) is 24.3. The number of hydrogen-bond donors (Lipinski definition) is 4. The van der Waals surface area contributed by atoms with Crippen LogP contribution >= 0.6 is 0 Å². The fourth-order valence-electron chi connectivity index (χ4n) is 8.08. The fourth-order valence-corrected chi connectivity index (χ4v) is 8.08. The van der Waals surface area contributed by atoms with Crippen molar-refractivity contribution in [3.8, 4) is 0 Å². The number of rotatable bonds is 4. The summed E-state index contributed by atoms with van der Waals surface area (Å²) in [4.78, 5) is 0. The van der Waals surface area contributed by atoms with Crippen LogP contribution < -0.4 is 21.3 Å². The molecule has 0 saturated carbocycles. The molecule has 2 aliphatic rings. The molecule has 1 aromatic heterocycles. The molecular weight excluding hydrogens is 599 g/mol. The minimum absolute atomic E-state index is 0.0833. The summed E-state index contributed by atoms with van der Waals surface area (Å²) in [7, 11) is 0. The normalized spacial score (nSPS) is 19.7. The van der Waals surface area contributed by atoms with Crippen molar-refractivity contribution in [2.24, 2.45) is 0 Å². The Hall–Kier alpha value is -5.72. The van der Waals surface area contributed by atoms with Crippen molar-refractivity contribution in [2.45, 2.75) is 18.5 Å². The molecule has 2 unspecified atom stereocenters. The second-order valence-corrected chi connectivity index (χ2v) is 13.1.